The van der Waals surface area contributed by atoms with Gasteiger partial charge < -0.3 is 15.3 Å². The second-order valence-corrected chi connectivity index (χ2v) is 1.15. The van der Waals surface area contributed by atoms with Gasteiger partial charge in [0.1, 0.15) is 6.26 Å². The first-order valence-corrected chi connectivity index (χ1v) is 1.90. The molecule has 0 bridgehead atoms. The van der Waals surface area contributed by atoms with Crippen LogP contribution in [0.4, 0.5) is 0 Å². The number of rotatable bonds is 2. The Kier molecular flexibility index (Phi) is 6.43. The average Bonchev–Trinajstić information content (AvgIpc) is 1.64. The zero-order valence-electron chi connectivity index (χ0n) is 5.24. The molecule has 0 saturated heterocycles. The summed E-state index contributed by atoms with van der Waals surface area (Å²) in [6.07, 6.45) is 0.0324. The molecule has 0 unspecified atom stereocenters. The van der Waals surface area contributed by atoms with Crippen molar-refractivity contribution in [1.29, 1.82) is 0 Å². The van der Waals surface area contributed by atoms with E-state index in [2.05, 4.69) is 0 Å². The van der Waals surface area contributed by atoms with Crippen LogP contribution < -0.4 is 29.6 Å². The normalized spacial score (nSPS) is 7.20. The summed E-state index contributed by atoms with van der Waals surface area (Å²) in [5, 5.41) is 23.8. The van der Waals surface area contributed by atoms with E-state index in [1.165, 1.54) is 0 Å². The summed E-state index contributed by atoms with van der Waals surface area (Å²) in [6, 6.07) is 0. The van der Waals surface area contributed by atoms with Crippen molar-refractivity contribution in [3.63, 3.8) is 0 Å². The van der Waals surface area contributed by atoms with Gasteiger partial charge in [0.2, 0.25) is 0 Å². The smallest absolute Gasteiger partial charge is 0.514 e. The minimum absolute atomic E-state index is 0. The molecule has 0 aliphatic carbocycles. The van der Waals surface area contributed by atoms with Crippen LogP contribution in [0.3, 0.4) is 0 Å². The van der Waals surface area contributed by atoms with Gasteiger partial charge in [-0.25, -0.2) is 9.59 Å². The number of carboxylic acid groups (broad SMARTS) is 2. The Hall–Kier alpha value is -0.520. The summed E-state index contributed by atoms with van der Waals surface area (Å²) in [6.45, 7) is 0. The molecule has 0 rings (SSSR count). The maximum atomic E-state index is 9.76. The number of carbonyl (C=O) groups is 2. The predicted molar refractivity (Wildman–Crippen MR) is 26.0 cm³/mol. The van der Waals surface area contributed by atoms with Crippen LogP contribution in [0.1, 0.15) is 0 Å². The SMILES string of the molecule is O=C(O)C(=CO)C(=O)O.[Na+]. The van der Waals surface area contributed by atoms with Gasteiger partial charge in [0.25, 0.3) is 0 Å². The Labute approximate surface area is 78.3 Å². The van der Waals surface area contributed by atoms with Crippen molar-refractivity contribution in [3.05, 3.63) is 11.8 Å². The van der Waals surface area contributed by atoms with Crippen molar-refractivity contribution >= 4 is 11.9 Å². The van der Waals surface area contributed by atoms with Crippen LogP contribution in [0.25, 0.3) is 0 Å². The molecule has 0 aliphatic rings. The minimum Gasteiger partial charge on any atom is -0.514 e. The summed E-state index contributed by atoms with van der Waals surface area (Å²) in [7, 11) is 0. The molecule has 50 valence electrons. The average molecular weight is 155 g/mol. The van der Waals surface area contributed by atoms with E-state index in [0.717, 1.165) is 0 Å². The van der Waals surface area contributed by atoms with Gasteiger partial charge in [0.05, 0.1) is 0 Å². The van der Waals surface area contributed by atoms with E-state index >= 15 is 0 Å². The first-order valence-electron chi connectivity index (χ1n) is 1.90. The van der Waals surface area contributed by atoms with Crippen molar-refractivity contribution < 1.29 is 54.5 Å². The Bertz CT molecular complexity index is 156. The van der Waals surface area contributed by atoms with Gasteiger partial charge in [-0.2, -0.15) is 0 Å². The summed E-state index contributed by atoms with van der Waals surface area (Å²) in [5.41, 5.74) is -1.05. The summed E-state index contributed by atoms with van der Waals surface area (Å²) in [5.74, 6) is -3.32. The third kappa shape index (κ3) is 3.49. The molecule has 0 amide bonds. The molecule has 0 heterocycles. The molecule has 0 aliphatic heterocycles. The number of aliphatic hydroxyl groups is 1. The summed E-state index contributed by atoms with van der Waals surface area (Å²) >= 11 is 0. The molecule has 0 saturated carbocycles. The van der Waals surface area contributed by atoms with Crippen molar-refractivity contribution in [2.24, 2.45) is 0 Å². The third-order valence-corrected chi connectivity index (χ3v) is 0.590. The van der Waals surface area contributed by atoms with Crippen LogP contribution >= 0.6 is 0 Å². The van der Waals surface area contributed by atoms with Gasteiger partial charge in [-0.1, -0.05) is 0 Å². The maximum absolute atomic E-state index is 9.76. The molecule has 5 nitrogen and oxygen atoms in total. The number of aliphatic carboxylic acids is 2. The zero-order valence-corrected chi connectivity index (χ0v) is 7.24. The monoisotopic (exact) mass is 155 g/mol. The molecule has 10 heavy (non-hydrogen) atoms. The van der Waals surface area contributed by atoms with Crippen LogP contribution in [0.5, 0.6) is 0 Å². The predicted octanol–water partition coefficient (Wildman–Crippen LogP) is -3.40. The van der Waals surface area contributed by atoms with E-state index < -0.39 is 17.5 Å². The van der Waals surface area contributed by atoms with Crippen LogP contribution in [0, 0.1) is 0 Å². The molecule has 0 radical (unpaired) electrons. The molecule has 0 aromatic heterocycles. The Morgan fingerprint density at radius 1 is 1.10 bits per heavy atom. The molecule has 0 aromatic rings. The van der Waals surface area contributed by atoms with E-state index in [1.807, 2.05) is 0 Å². The standard InChI is InChI=1S/C4H4O5.Na/c5-1-2(3(6)7)4(8)9;/h1,5H,(H,6,7)(H,8,9);/q;+1. The van der Waals surface area contributed by atoms with E-state index in [0.29, 0.717) is 0 Å². The Balaban J connectivity index is 0. The largest absolute Gasteiger partial charge is 1.00 e. The number of aliphatic hydroxyl groups excluding tert-OH is 1. The first-order chi connectivity index (χ1) is 4.09. The van der Waals surface area contributed by atoms with Crippen molar-refractivity contribution in [3.8, 4) is 0 Å². The van der Waals surface area contributed by atoms with Gasteiger partial charge in [-0.15, -0.1) is 0 Å². The van der Waals surface area contributed by atoms with Crippen LogP contribution in [0.2, 0.25) is 0 Å². The first kappa shape index (κ1) is 12.2. The molecular formula is C4H4NaO5+. The quantitative estimate of drug-likeness (QED) is 0.127. The molecule has 3 N–H and O–H groups in total. The minimum atomic E-state index is -1.66. The second kappa shape index (κ2) is 5.28. The van der Waals surface area contributed by atoms with Crippen molar-refractivity contribution in [2.75, 3.05) is 0 Å². The molecule has 0 atom stereocenters. The topological polar surface area (TPSA) is 94.8 Å². The zero-order chi connectivity index (χ0) is 7.44. The number of hydrogen-bond donors (Lipinski definition) is 3. The fourth-order valence-corrected chi connectivity index (χ4v) is 0.202. The molecule has 6 heteroatoms. The summed E-state index contributed by atoms with van der Waals surface area (Å²) in [4.78, 5) is 19.5. The fraction of sp³-hybridized carbons (Fsp3) is 0. The van der Waals surface area contributed by atoms with E-state index in [-0.39, 0.29) is 35.8 Å². The Morgan fingerprint density at radius 2 is 1.40 bits per heavy atom. The number of carboxylic acids is 2. The van der Waals surface area contributed by atoms with Gasteiger partial charge >= 0.3 is 41.5 Å². The van der Waals surface area contributed by atoms with Crippen molar-refractivity contribution in [2.45, 2.75) is 0 Å². The third-order valence-electron chi connectivity index (χ3n) is 0.590. The second-order valence-electron chi connectivity index (χ2n) is 1.15. The molecule has 0 spiro atoms. The summed E-state index contributed by atoms with van der Waals surface area (Å²) < 4.78 is 0. The Morgan fingerprint density at radius 3 is 1.40 bits per heavy atom. The maximum Gasteiger partial charge on any atom is 1.00 e. The van der Waals surface area contributed by atoms with Gasteiger partial charge in [-0.05, 0) is 0 Å². The molecule has 0 fully saturated rings. The number of hydrogen-bond acceptors (Lipinski definition) is 3. The van der Waals surface area contributed by atoms with E-state index in [4.69, 9.17) is 15.3 Å². The van der Waals surface area contributed by atoms with Crippen LogP contribution in [-0.4, -0.2) is 27.3 Å². The van der Waals surface area contributed by atoms with Gasteiger partial charge in [-0.3, -0.25) is 0 Å². The van der Waals surface area contributed by atoms with Gasteiger partial charge in [0.15, 0.2) is 5.57 Å². The van der Waals surface area contributed by atoms with E-state index in [1.54, 1.807) is 0 Å². The fourth-order valence-electron chi connectivity index (χ4n) is 0.202. The van der Waals surface area contributed by atoms with Crippen LogP contribution in [0.15, 0.2) is 11.8 Å². The molecular weight excluding hydrogens is 151 g/mol. The van der Waals surface area contributed by atoms with Gasteiger partial charge in [0, 0.05) is 0 Å². The van der Waals surface area contributed by atoms with E-state index in [9.17, 15) is 9.59 Å². The van der Waals surface area contributed by atoms with Crippen LogP contribution in [-0.2, 0) is 9.59 Å². The van der Waals surface area contributed by atoms with Crippen molar-refractivity contribution in [1.82, 2.24) is 0 Å². The molecule has 0 aromatic carbocycles.